The molecule has 6 aliphatic carbocycles. The number of hydrogen-bond donors (Lipinski definition) is 2. The van der Waals surface area contributed by atoms with Gasteiger partial charge in [-0.2, -0.15) is 0 Å². The second kappa shape index (κ2) is 19.3. The number of aliphatic carboxylic acids is 1. The molecule has 13 heteroatoms. The number of fused-ring (bicyclic) bond motifs is 7. The number of nitrogens with zero attached hydrogens (tertiary/aromatic N) is 1. The number of ether oxygens (including phenoxy) is 5. The molecular formula is C52H88N2O10S. The predicted molar refractivity (Wildman–Crippen MR) is 253 cm³/mol. The van der Waals surface area contributed by atoms with E-state index >= 15 is 0 Å². The molecule has 1 heterocycles. The van der Waals surface area contributed by atoms with Gasteiger partial charge in [0.25, 0.3) is 0 Å². The number of allylic oxidation sites excluding steroid dienone is 1. The lowest BCUT2D eigenvalue weighted by Crippen LogP contribution is -2.69. The average molecular weight is 933 g/mol. The summed E-state index contributed by atoms with van der Waals surface area (Å²) < 4.78 is 54.6. The number of hydrogen-bond acceptors (Lipinski definition) is 11. The summed E-state index contributed by atoms with van der Waals surface area (Å²) in [6.45, 7) is 30.3. The van der Waals surface area contributed by atoms with Crippen molar-refractivity contribution in [3.63, 3.8) is 0 Å². The molecule has 7 rings (SSSR count). The quantitative estimate of drug-likeness (QED) is 0.0739. The van der Waals surface area contributed by atoms with Crippen LogP contribution in [0.4, 0.5) is 0 Å². The van der Waals surface area contributed by atoms with Crippen LogP contribution in [0.25, 0.3) is 0 Å². The van der Waals surface area contributed by atoms with E-state index in [2.05, 4.69) is 65.3 Å². The van der Waals surface area contributed by atoms with E-state index in [1.807, 2.05) is 13.8 Å². The molecule has 0 amide bonds. The molecule has 7 fully saturated rings. The minimum absolute atomic E-state index is 0.0206. The fraction of sp³-hybridized carbons (Fsp3) is 0.923. The highest BCUT2D eigenvalue weighted by molar-refractivity contribution is 7.91. The fourth-order valence-corrected chi connectivity index (χ4v) is 17.7. The Balaban J connectivity index is 1.05. The molecule has 6 saturated carbocycles. The van der Waals surface area contributed by atoms with E-state index in [9.17, 15) is 23.1 Å². The molecule has 7 aliphatic rings. The Labute approximate surface area is 392 Å². The lowest BCUT2D eigenvalue weighted by molar-refractivity contribution is -0.248. The van der Waals surface area contributed by atoms with Crippen molar-refractivity contribution in [3.8, 4) is 0 Å². The monoisotopic (exact) mass is 933 g/mol. The van der Waals surface area contributed by atoms with Gasteiger partial charge in [0.15, 0.2) is 9.84 Å². The summed E-state index contributed by atoms with van der Waals surface area (Å²) in [6.07, 6.45) is 11.3. The molecule has 1 saturated heterocycles. The summed E-state index contributed by atoms with van der Waals surface area (Å²) in [5.41, 5.74) is 0.951. The number of carboxylic acids is 1. The normalized spacial score (nSPS) is 41.4. The molecular weight excluding hydrogens is 845 g/mol. The van der Waals surface area contributed by atoms with Crippen molar-refractivity contribution in [2.45, 2.75) is 157 Å². The molecule has 14 atom stereocenters. The number of carboxylic acid groups (broad SMARTS) is 1. The van der Waals surface area contributed by atoms with Gasteiger partial charge in [-0.1, -0.05) is 60.6 Å². The topological polar surface area (TPSA) is 150 Å². The van der Waals surface area contributed by atoms with Gasteiger partial charge in [0.2, 0.25) is 0 Å². The predicted octanol–water partition coefficient (Wildman–Crippen LogP) is 7.83. The second-order valence-corrected chi connectivity index (χ2v) is 26.4. The van der Waals surface area contributed by atoms with Crippen LogP contribution in [0.1, 0.15) is 133 Å². The highest BCUT2D eigenvalue weighted by Gasteiger charge is 2.71. The van der Waals surface area contributed by atoms with Gasteiger partial charge in [0, 0.05) is 43.7 Å². The standard InChI is InChI=1S/C52H88N2O10S/c1-34(2)36-14-19-52(53-33-40(54-22-30-65(58,59)31-23-54)35(3)63-29-28-62-27-26-61-25-24-60-11)21-20-50(9)37(44(36)52)12-13-42-49(8)17-16-43(48(6,7)41(49)15-18-51(42,50)10)64-46(57)39-32-38(45(55)56)47(39,4)5/h35-44,53H,1,12-33H2,2-11H3,(H,55,56)/t35-,36+,37-,38?,39?,40-,41+,42-,43+,44-,49+,50-,51-,52+/m1/s1. The molecule has 1 aliphatic heterocycles. The first kappa shape index (κ1) is 51.2. The van der Waals surface area contributed by atoms with Gasteiger partial charge in [0.05, 0.1) is 69.1 Å². The van der Waals surface area contributed by atoms with Crippen LogP contribution < -0.4 is 5.32 Å². The molecule has 12 nitrogen and oxygen atoms in total. The highest BCUT2D eigenvalue weighted by Crippen LogP contribution is 2.76. The number of nitrogens with one attached hydrogen (secondary N) is 1. The van der Waals surface area contributed by atoms with Crippen LogP contribution in [-0.2, 0) is 43.1 Å². The second-order valence-electron chi connectivity index (χ2n) is 24.1. The van der Waals surface area contributed by atoms with Crippen molar-refractivity contribution in [3.05, 3.63) is 12.2 Å². The van der Waals surface area contributed by atoms with Crippen LogP contribution in [0.3, 0.4) is 0 Å². The first-order valence-corrected chi connectivity index (χ1v) is 27.4. The Kier molecular flexibility index (Phi) is 15.2. The highest BCUT2D eigenvalue weighted by atomic mass is 32.2. The number of rotatable bonds is 19. The van der Waals surface area contributed by atoms with Crippen LogP contribution in [0, 0.1) is 68.5 Å². The van der Waals surface area contributed by atoms with Crippen molar-refractivity contribution in [2.75, 3.05) is 77.9 Å². The first-order chi connectivity index (χ1) is 30.5. The van der Waals surface area contributed by atoms with E-state index in [0.29, 0.717) is 88.7 Å². The van der Waals surface area contributed by atoms with Crippen molar-refractivity contribution >= 4 is 21.8 Å². The maximum atomic E-state index is 13.7. The molecule has 0 aromatic rings. The zero-order valence-corrected chi connectivity index (χ0v) is 42.8. The maximum absolute atomic E-state index is 13.7. The van der Waals surface area contributed by atoms with Crippen molar-refractivity contribution in [1.29, 1.82) is 0 Å². The number of esters is 1. The van der Waals surface area contributed by atoms with Crippen LogP contribution in [0.15, 0.2) is 12.2 Å². The summed E-state index contributed by atoms with van der Waals surface area (Å²) in [5.74, 6) is 0.956. The number of sulfone groups is 1. The smallest absolute Gasteiger partial charge is 0.309 e. The van der Waals surface area contributed by atoms with E-state index in [1.165, 1.54) is 31.3 Å². The van der Waals surface area contributed by atoms with Crippen LogP contribution in [0.2, 0.25) is 0 Å². The lowest BCUT2D eigenvalue weighted by Gasteiger charge is -2.73. The van der Waals surface area contributed by atoms with Gasteiger partial charge in [0.1, 0.15) is 6.10 Å². The fourth-order valence-electron chi connectivity index (χ4n) is 16.4. The van der Waals surface area contributed by atoms with Crippen LogP contribution in [0.5, 0.6) is 0 Å². The third kappa shape index (κ3) is 9.30. The molecule has 0 spiro atoms. The van der Waals surface area contributed by atoms with Gasteiger partial charge in [-0.05, 0) is 136 Å². The Morgan fingerprint density at radius 2 is 1.45 bits per heavy atom. The third-order valence-electron chi connectivity index (χ3n) is 20.6. The van der Waals surface area contributed by atoms with Crippen molar-refractivity contribution in [2.24, 2.45) is 68.5 Å². The average Bonchev–Trinajstić information content (AvgIpc) is 3.61. The van der Waals surface area contributed by atoms with Gasteiger partial charge >= 0.3 is 11.9 Å². The van der Waals surface area contributed by atoms with E-state index in [0.717, 1.165) is 45.1 Å². The van der Waals surface area contributed by atoms with Gasteiger partial charge in [-0.15, -0.1) is 0 Å². The molecule has 0 bridgehead atoms. The Hall–Kier alpha value is -1.61. The Morgan fingerprint density at radius 1 is 0.785 bits per heavy atom. The summed E-state index contributed by atoms with van der Waals surface area (Å²) in [4.78, 5) is 27.9. The van der Waals surface area contributed by atoms with E-state index in [1.54, 1.807) is 7.11 Å². The number of carbonyl (C=O) groups excluding carboxylic acids is 1. The Morgan fingerprint density at radius 3 is 2.08 bits per heavy atom. The zero-order valence-electron chi connectivity index (χ0n) is 42.0. The van der Waals surface area contributed by atoms with E-state index in [-0.39, 0.29) is 68.8 Å². The Bertz CT molecular complexity index is 1830. The van der Waals surface area contributed by atoms with Gasteiger partial charge in [-0.3, -0.25) is 14.5 Å². The zero-order chi connectivity index (χ0) is 47.4. The first-order valence-electron chi connectivity index (χ1n) is 25.5. The molecule has 2 N–H and O–H groups in total. The largest absolute Gasteiger partial charge is 0.481 e. The molecule has 372 valence electrons. The van der Waals surface area contributed by atoms with Crippen molar-refractivity contribution in [1.82, 2.24) is 10.2 Å². The van der Waals surface area contributed by atoms with Crippen molar-refractivity contribution < 1.29 is 46.8 Å². The molecule has 0 aromatic carbocycles. The minimum Gasteiger partial charge on any atom is -0.481 e. The SMILES string of the molecule is C=C(C)[C@@H]1CC[C@]2(NC[C@H]([C@@H](C)OCCOCCOCCOC)N3CCS(=O)(=O)CC3)CC[C@]3(C)[C@H](CC[C@@H]4[C@@]5(C)CC[C@H](OC(=O)C6CC(C(=O)O)C6(C)C)C(C)(C)[C@@H]5CC[C@]43C)[C@@H]12. The molecule has 0 radical (unpaired) electrons. The van der Waals surface area contributed by atoms with E-state index < -0.39 is 27.1 Å². The number of carbonyl (C=O) groups is 2. The molecule has 65 heavy (non-hydrogen) atoms. The summed E-state index contributed by atoms with van der Waals surface area (Å²) >= 11 is 0. The van der Waals surface area contributed by atoms with Gasteiger partial charge in [-0.25, -0.2) is 8.42 Å². The molecule has 2 unspecified atom stereocenters. The van der Waals surface area contributed by atoms with Crippen LogP contribution >= 0.6 is 0 Å². The summed E-state index contributed by atoms with van der Waals surface area (Å²) in [7, 11) is -1.38. The summed E-state index contributed by atoms with van der Waals surface area (Å²) in [5, 5.41) is 14.0. The van der Waals surface area contributed by atoms with Gasteiger partial charge < -0.3 is 34.1 Å². The molecule has 0 aromatic heterocycles. The summed E-state index contributed by atoms with van der Waals surface area (Å²) in [6, 6.07) is 0.0261. The van der Waals surface area contributed by atoms with E-state index in [4.69, 9.17) is 23.7 Å². The number of methoxy groups -OCH3 is 1. The third-order valence-corrected chi connectivity index (χ3v) is 22.2. The maximum Gasteiger partial charge on any atom is 0.309 e. The minimum atomic E-state index is -3.04. The van der Waals surface area contributed by atoms with Crippen LogP contribution in [-0.4, -0.2) is 132 Å². The lowest BCUT2D eigenvalue weighted by atomic mass is 9.32.